The summed E-state index contributed by atoms with van der Waals surface area (Å²) in [5.41, 5.74) is 6.22. The Kier molecular flexibility index (Phi) is 4.20. The van der Waals surface area contributed by atoms with E-state index in [1.165, 1.54) is 25.7 Å². The van der Waals surface area contributed by atoms with Gasteiger partial charge in [0.15, 0.2) is 0 Å². The molecule has 1 heterocycles. The van der Waals surface area contributed by atoms with Crippen LogP contribution in [0.1, 0.15) is 52.4 Å². The largest absolute Gasteiger partial charge is 0.325 e. The summed E-state index contributed by atoms with van der Waals surface area (Å²) in [4.78, 5) is 0. The number of unbranched alkanes of at least 4 members (excludes halogenated alkanes) is 2. The molecule has 1 fully saturated rings. The average Bonchev–Trinajstić information content (AvgIpc) is 2.03. The first-order valence-corrected chi connectivity index (χ1v) is 5.66. The molecule has 0 spiro atoms. The smallest absolute Gasteiger partial charge is 0.0152 e. The van der Waals surface area contributed by atoms with Gasteiger partial charge in [-0.1, -0.05) is 26.2 Å². The predicted molar refractivity (Wildman–Crippen MR) is 57.8 cm³/mol. The highest BCUT2D eigenvalue weighted by Gasteiger charge is 2.27. The lowest BCUT2D eigenvalue weighted by atomic mass is 9.85. The molecule has 0 aromatic heterocycles. The van der Waals surface area contributed by atoms with Crippen molar-refractivity contribution < 1.29 is 0 Å². The van der Waals surface area contributed by atoms with Crippen LogP contribution in [0.4, 0.5) is 0 Å². The molecule has 0 aliphatic carbocycles. The molecule has 0 bridgehead atoms. The van der Waals surface area contributed by atoms with Crippen molar-refractivity contribution in [1.82, 2.24) is 5.32 Å². The van der Waals surface area contributed by atoms with Crippen LogP contribution in [0.5, 0.6) is 0 Å². The van der Waals surface area contributed by atoms with E-state index in [-0.39, 0.29) is 5.54 Å². The third-order valence-corrected chi connectivity index (χ3v) is 3.00. The van der Waals surface area contributed by atoms with E-state index in [0.29, 0.717) is 6.04 Å². The van der Waals surface area contributed by atoms with Gasteiger partial charge in [-0.3, -0.25) is 0 Å². The minimum absolute atomic E-state index is 0.0854. The van der Waals surface area contributed by atoms with Gasteiger partial charge >= 0.3 is 0 Å². The molecule has 13 heavy (non-hydrogen) atoms. The van der Waals surface area contributed by atoms with E-state index in [1.807, 2.05) is 0 Å². The maximum Gasteiger partial charge on any atom is 0.0152 e. The summed E-state index contributed by atoms with van der Waals surface area (Å²) in [6.07, 6.45) is 7.60. The molecule has 1 aliphatic rings. The number of nitrogens with one attached hydrogen (secondary N) is 1. The standard InChI is InChI=1S/C11H24N2/c1-3-4-5-6-10-9-11(2,12)7-8-13-10/h10,13H,3-9,12H2,1-2H3. The molecule has 78 valence electrons. The fraction of sp³-hybridized carbons (Fsp3) is 1.00. The Balaban J connectivity index is 2.19. The molecule has 1 rings (SSSR count). The van der Waals surface area contributed by atoms with Crippen LogP contribution in [0.2, 0.25) is 0 Å². The van der Waals surface area contributed by atoms with Crippen molar-refractivity contribution in [2.75, 3.05) is 6.54 Å². The van der Waals surface area contributed by atoms with Crippen LogP contribution in [0.15, 0.2) is 0 Å². The van der Waals surface area contributed by atoms with Gasteiger partial charge in [0.2, 0.25) is 0 Å². The zero-order valence-corrected chi connectivity index (χ0v) is 9.10. The van der Waals surface area contributed by atoms with Gasteiger partial charge in [0.1, 0.15) is 0 Å². The Morgan fingerprint density at radius 2 is 2.23 bits per heavy atom. The third-order valence-electron chi connectivity index (χ3n) is 3.00. The minimum Gasteiger partial charge on any atom is -0.325 e. The van der Waals surface area contributed by atoms with E-state index in [1.54, 1.807) is 0 Å². The molecular formula is C11H24N2. The van der Waals surface area contributed by atoms with Crippen molar-refractivity contribution in [2.24, 2.45) is 5.73 Å². The second-order valence-electron chi connectivity index (χ2n) is 4.75. The summed E-state index contributed by atoms with van der Waals surface area (Å²) in [7, 11) is 0. The molecule has 0 amide bonds. The molecule has 0 saturated carbocycles. The third kappa shape index (κ3) is 4.10. The van der Waals surface area contributed by atoms with Crippen LogP contribution in [0.25, 0.3) is 0 Å². The molecule has 2 nitrogen and oxygen atoms in total. The van der Waals surface area contributed by atoms with Gasteiger partial charge in [0.05, 0.1) is 0 Å². The predicted octanol–water partition coefficient (Wildman–Crippen LogP) is 2.04. The molecule has 2 unspecified atom stereocenters. The summed E-state index contributed by atoms with van der Waals surface area (Å²) in [5.74, 6) is 0. The van der Waals surface area contributed by atoms with Gasteiger partial charge in [-0.05, 0) is 32.7 Å². The van der Waals surface area contributed by atoms with Crippen LogP contribution < -0.4 is 11.1 Å². The van der Waals surface area contributed by atoms with E-state index < -0.39 is 0 Å². The Bertz CT molecular complexity index is 143. The quantitative estimate of drug-likeness (QED) is 0.656. The van der Waals surface area contributed by atoms with Crippen LogP contribution in [0, 0.1) is 0 Å². The normalized spacial score (nSPS) is 34.8. The lowest BCUT2D eigenvalue weighted by Crippen LogP contribution is -2.51. The van der Waals surface area contributed by atoms with E-state index in [0.717, 1.165) is 19.4 Å². The van der Waals surface area contributed by atoms with Crippen LogP contribution in [-0.2, 0) is 0 Å². The maximum atomic E-state index is 6.13. The number of hydrogen-bond donors (Lipinski definition) is 2. The first-order chi connectivity index (χ1) is 6.14. The SMILES string of the molecule is CCCCCC1CC(C)(N)CCN1. The molecule has 1 aliphatic heterocycles. The number of piperidine rings is 1. The van der Waals surface area contributed by atoms with Crippen LogP contribution in [-0.4, -0.2) is 18.1 Å². The minimum atomic E-state index is 0.0854. The van der Waals surface area contributed by atoms with Crippen molar-refractivity contribution in [3.8, 4) is 0 Å². The van der Waals surface area contributed by atoms with Gasteiger partial charge in [-0.25, -0.2) is 0 Å². The van der Waals surface area contributed by atoms with Gasteiger partial charge in [0, 0.05) is 11.6 Å². The fourth-order valence-corrected chi connectivity index (χ4v) is 2.14. The Morgan fingerprint density at radius 3 is 2.85 bits per heavy atom. The molecule has 2 heteroatoms. The number of hydrogen-bond acceptors (Lipinski definition) is 2. The molecule has 1 saturated heterocycles. The Morgan fingerprint density at radius 1 is 1.46 bits per heavy atom. The van der Waals surface area contributed by atoms with Crippen LogP contribution in [0.3, 0.4) is 0 Å². The Hall–Kier alpha value is -0.0800. The number of rotatable bonds is 4. The van der Waals surface area contributed by atoms with Crippen molar-refractivity contribution in [3.63, 3.8) is 0 Å². The molecule has 0 aromatic rings. The average molecular weight is 184 g/mol. The van der Waals surface area contributed by atoms with E-state index in [2.05, 4.69) is 19.2 Å². The van der Waals surface area contributed by atoms with Crippen LogP contribution >= 0.6 is 0 Å². The van der Waals surface area contributed by atoms with Crippen molar-refractivity contribution in [3.05, 3.63) is 0 Å². The van der Waals surface area contributed by atoms with Crippen molar-refractivity contribution in [2.45, 2.75) is 64.0 Å². The summed E-state index contributed by atoms with van der Waals surface area (Å²) in [6.45, 7) is 5.53. The van der Waals surface area contributed by atoms with Gasteiger partial charge < -0.3 is 11.1 Å². The van der Waals surface area contributed by atoms with Crippen molar-refractivity contribution >= 4 is 0 Å². The first-order valence-electron chi connectivity index (χ1n) is 5.66. The molecule has 0 aromatic carbocycles. The molecular weight excluding hydrogens is 160 g/mol. The lowest BCUT2D eigenvalue weighted by Gasteiger charge is -2.36. The lowest BCUT2D eigenvalue weighted by molar-refractivity contribution is 0.262. The highest BCUT2D eigenvalue weighted by Crippen LogP contribution is 2.20. The van der Waals surface area contributed by atoms with Gasteiger partial charge in [-0.2, -0.15) is 0 Å². The molecule has 2 atom stereocenters. The van der Waals surface area contributed by atoms with Gasteiger partial charge in [0.25, 0.3) is 0 Å². The summed E-state index contributed by atoms with van der Waals surface area (Å²) in [6, 6.07) is 0.676. The summed E-state index contributed by atoms with van der Waals surface area (Å²) in [5, 5.41) is 3.55. The van der Waals surface area contributed by atoms with E-state index in [9.17, 15) is 0 Å². The summed E-state index contributed by atoms with van der Waals surface area (Å²) < 4.78 is 0. The summed E-state index contributed by atoms with van der Waals surface area (Å²) >= 11 is 0. The number of nitrogens with two attached hydrogens (primary N) is 1. The molecule has 3 N–H and O–H groups in total. The highest BCUT2D eigenvalue weighted by molar-refractivity contribution is 4.90. The monoisotopic (exact) mass is 184 g/mol. The van der Waals surface area contributed by atoms with Gasteiger partial charge in [-0.15, -0.1) is 0 Å². The zero-order valence-electron chi connectivity index (χ0n) is 9.10. The van der Waals surface area contributed by atoms with Crippen molar-refractivity contribution in [1.29, 1.82) is 0 Å². The highest BCUT2D eigenvalue weighted by atomic mass is 15.0. The fourth-order valence-electron chi connectivity index (χ4n) is 2.14. The first kappa shape index (κ1) is 11.0. The molecule has 0 radical (unpaired) electrons. The zero-order chi connectivity index (χ0) is 9.73. The topological polar surface area (TPSA) is 38.0 Å². The van der Waals surface area contributed by atoms with E-state index >= 15 is 0 Å². The maximum absolute atomic E-state index is 6.13. The van der Waals surface area contributed by atoms with E-state index in [4.69, 9.17) is 5.73 Å². The second kappa shape index (κ2) is 4.97. The Labute approximate surface area is 82.3 Å². The second-order valence-corrected chi connectivity index (χ2v) is 4.75.